The number of furan rings is 2. The van der Waals surface area contributed by atoms with Crippen molar-refractivity contribution in [1.82, 2.24) is 15.0 Å². The highest BCUT2D eigenvalue weighted by atomic mass is 16.3. The van der Waals surface area contributed by atoms with Crippen LogP contribution in [-0.4, -0.2) is 15.0 Å². The molecule has 0 atom stereocenters. The quantitative estimate of drug-likeness (QED) is 0.172. The highest BCUT2D eigenvalue weighted by Gasteiger charge is 2.28. The van der Waals surface area contributed by atoms with Crippen molar-refractivity contribution in [2.45, 2.75) is 52.4 Å². The summed E-state index contributed by atoms with van der Waals surface area (Å²) in [5.41, 5.74) is 15.0. The third-order valence-corrected chi connectivity index (χ3v) is 11.2. The predicted octanol–water partition coefficient (Wildman–Crippen LogP) is 13.5. The van der Waals surface area contributed by atoms with E-state index in [9.17, 15) is 0 Å². The molecule has 10 aromatic rings. The van der Waals surface area contributed by atoms with Gasteiger partial charge >= 0.3 is 0 Å². The second-order valence-corrected chi connectivity index (χ2v) is 16.8. The number of fused-ring (bicyclic) bond motifs is 19. The van der Waals surface area contributed by atoms with E-state index in [2.05, 4.69) is 131 Å². The molecule has 0 unspecified atom stereocenters. The maximum absolute atomic E-state index is 6.73. The lowest BCUT2D eigenvalue weighted by Gasteiger charge is -2.21. The third kappa shape index (κ3) is 4.37. The van der Waals surface area contributed by atoms with E-state index >= 15 is 0 Å². The zero-order valence-electron chi connectivity index (χ0n) is 30.6. The Hall–Kier alpha value is -6.20. The van der Waals surface area contributed by atoms with Crippen molar-refractivity contribution in [2.75, 3.05) is 0 Å². The minimum atomic E-state index is -0.130. The average Bonchev–Trinajstić information content (AvgIpc) is 3.84. The highest BCUT2D eigenvalue weighted by Crippen LogP contribution is 2.47. The van der Waals surface area contributed by atoms with E-state index in [0.29, 0.717) is 0 Å². The smallest absolute Gasteiger partial charge is 0.161 e. The van der Waals surface area contributed by atoms with Crippen LogP contribution in [0.25, 0.3) is 111 Å². The van der Waals surface area contributed by atoms with Crippen LogP contribution in [0.5, 0.6) is 0 Å². The molecule has 0 amide bonds. The first-order chi connectivity index (χ1) is 25.5. The Balaban J connectivity index is 1.41. The number of hydrogen-bond donors (Lipinski definition) is 1. The number of aromatic amines is 1. The van der Waals surface area contributed by atoms with Gasteiger partial charge in [0.1, 0.15) is 22.6 Å². The van der Waals surface area contributed by atoms with Gasteiger partial charge in [-0.05, 0) is 76.6 Å². The molecule has 6 heterocycles. The first kappa shape index (κ1) is 30.4. The molecule has 0 saturated heterocycles. The molecule has 53 heavy (non-hydrogen) atoms. The molecule has 1 aliphatic heterocycles. The van der Waals surface area contributed by atoms with Crippen LogP contribution in [0.3, 0.4) is 0 Å². The molecular formula is C48H37N3O2. The molecule has 0 aliphatic carbocycles. The zero-order valence-corrected chi connectivity index (χ0v) is 30.6. The van der Waals surface area contributed by atoms with Crippen LogP contribution >= 0.6 is 0 Å². The summed E-state index contributed by atoms with van der Waals surface area (Å²) in [4.78, 5) is 15.0. The van der Waals surface area contributed by atoms with Gasteiger partial charge in [0.15, 0.2) is 11.2 Å². The molecule has 0 saturated carbocycles. The van der Waals surface area contributed by atoms with E-state index in [1.807, 2.05) is 24.3 Å². The number of H-pyrrole nitrogens is 1. The van der Waals surface area contributed by atoms with Gasteiger partial charge in [0.25, 0.3) is 0 Å². The van der Waals surface area contributed by atoms with Crippen LogP contribution in [0.2, 0.25) is 0 Å². The average molecular weight is 688 g/mol. The van der Waals surface area contributed by atoms with Gasteiger partial charge in [0.2, 0.25) is 0 Å². The number of para-hydroxylation sites is 2. The van der Waals surface area contributed by atoms with Crippen molar-refractivity contribution in [1.29, 1.82) is 0 Å². The lowest BCUT2D eigenvalue weighted by molar-refractivity contribution is 0.590. The lowest BCUT2D eigenvalue weighted by atomic mass is 9.83. The standard InChI is InChI=1S/C48H37N3O2/c1-47(2,3)27-19-31-32-20-28(48(4,5)6)22-36-42(32)51-41(31)35(21-27)43-45-33(29-14-7-9-16-39(29)52-45)23-37(49-43)25-12-11-13-26(18-25)38-24-34-30-15-8-10-17-40(30)53-46(34)44(36)50-38/h7-24,51H,1-6H3. The maximum atomic E-state index is 6.73. The summed E-state index contributed by atoms with van der Waals surface area (Å²) in [5.74, 6) is 0. The molecule has 5 heteroatoms. The summed E-state index contributed by atoms with van der Waals surface area (Å²) in [6.07, 6.45) is 0. The van der Waals surface area contributed by atoms with Crippen molar-refractivity contribution < 1.29 is 8.83 Å². The van der Waals surface area contributed by atoms with Crippen molar-refractivity contribution in [3.05, 3.63) is 120 Å². The number of aromatic nitrogens is 3. The van der Waals surface area contributed by atoms with Gasteiger partial charge < -0.3 is 13.8 Å². The fraction of sp³-hybridized carbons (Fsp3) is 0.167. The maximum Gasteiger partial charge on any atom is 0.161 e. The summed E-state index contributed by atoms with van der Waals surface area (Å²) < 4.78 is 13.5. The van der Waals surface area contributed by atoms with Gasteiger partial charge in [0.05, 0.1) is 22.4 Å². The molecule has 256 valence electrons. The highest BCUT2D eigenvalue weighted by molar-refractivity contribution is 6.20. The fourth-order valence-electron chi connectivity index (χ4n) is 8.29. The summed E-state index contributed by atoms with van der Waals surface area (Å²) in [5, 5.41) is 6.55. The van der Waals surface area contributed by atoms with Crippen LogP contribution in [0.1, 0.15) is 52.7 Å². The van der Waals surface area contributed by atoms with Gasteiger partial charge in [-0.1, -0.05) is 96.1 Å². The topological polar surface area (TPSA) is 67.8 Å². The molecule has 5 aromatic heterocycles. The van der Waals surface area contributed by atoms with E-state index in [4.69, 9.17) is 18.8 Å². The number of rotatable bonds is 0. The minimum Gasteiger partial charge on any atom is -0.454 e. The van der Waals surface area contributed by atoms with Crippen molar-refractivity contribution in [3.63, 3.8) is 0 Å². The number of nitrogens with one attached hydrogen (secondary N) is 1. The van der Waals surface area contributed by atoms with Crippen molar-refractivity contribution in [3.8, 4) is 45.0 Å². The van der Waals surface area contributed by atoms with Crippen LogP contribution in [-0.2, 0) is 10.8 Å². The first-order valence-corrected chi connectivity index (χ1v) is 18.4. The molecule has 0 spiro atoms. The Morgan fingerprint density at radius 3 is 1.36 bits per heavy atom. The van der Waals surface area contributed by atoms with Crippen LogP contribution in [0.4, 0.5) is 0 Å². The lowest BCUT2D eigenvalue weighted by Crippen LogP contribution is -2.11. The molecule has 1 N–H and O–H groups in total. The second kappa shape index (κ2) is 10.2. The van der Waals surface area contributed by atoms with Gasteiger partial charge in [-0.2, -0.15) is 0 Å². The van der Waals surface area contributed by atoms with Gasteiger partial charge in [-0.25, -0.2) is 9.97 Å². The molecule has 0 radical (unpaired) electrons. The third-order valence-electron chi connectivity index (χ3n) is 11.2. The largest absolute Gasteiger partial charge is 0.454 e. The van der Waals surface area contributed by atoms with E-state index in [0.717, 1.165) is 111 Å². The summed E-state index contributed by atoms with van der Waals surface area (Å²) in [7, 11) is 0. The normalized spacial score (nSPS) is 13.1. The van der Waals surface area contributed by atoms with Crippen LogP contribution in [0, 0.1) is 0 Å². The summed E-state index contributed by atoms with van der Waals surface area (Å²) in [6.45, 7) is 13.7. The van der Waals surface area contributed by atoms with E-state index in [1.54, 1.807) is 0 Å². The Morgan fingerprint density at radius 2 is 0.906 bits per heavy atom. The van der Waals surface area contributed by atoms with E-state index in [1.165, 1.54) is 11.1 Å². The molecule has 5 aromatic carbocycles. The van der Waals surface area contributed by atoms with Crippen molar-refractivity contribution in [2.24, 2.45) is 0 Å². The molecule has 1 aliphatic rings. The number of benzene rings is 5. The van der Waals surface area contributed by atoms with Crippen molar-refractivity contribution >= 4 is 65.7 Å². The Kier molecular flexibility index (Phi) is 5.87. The fourth-order valence-corrected chi connectivity index (χ4v) is 8.29. The first-order valence-electron chi connectivity index (χ1n) is 18.4. The second-order valence-electron chi connectivity index (χ2n) is 16.8. The van der Waals surface area contributed by atoms with Gasteiger partial charge in [0, 0.05) is 54.6 Å². The Labute approximate surface area is 306 Å². The Morgan fingerprint density at radius 1 is 0.453 bits per heavy atom. The number of hydrogen-bond acceptors (Lipinski definition) is 4. The monoisotopic (exact) mass is 687 g/mol. The molecule has 0 fully saturated rings. The number of pyridine rings is 2. The minimum absolute atomic E-state index is 0.130. The van der Waals surface area contributed by atoms with Crippen LogP contribution < -0.4 is 0 Å². The zero-order chi connectivity index (χ0) is 36.0. The summed E-state index contributed by atoms with van der Waals surface area (Å²) in [6, 6.07) is 39.0. The van der Waals surface area contributed by atoms with Gasteiger partial charge in [-0.15, -0.1) is 0 Å². The number of nitrogens with zero attached hydrogens (tertiary/aromatic N) is 2. The predicted molar refractivity (Wildman–Crippen MR) is 219 cm³/mol. The summed E-state index contributed by atoms with van der Waals surface area (Å²) >= 11 is 0. The van der Waals surface area contributed by atoms with E-state index in [-0.39, 0.29) is 10.8 Å². The molecular weight excluding hydrogens is 651 g/mol. The molecule has 11 rings (SSSR count). The molecule has 5 nitrogen and oxygen atoms in total. The molecule has 8 bridgehead atoms. The Bertz CT molecular complexity index is 2990. The SMILES string of the molecule is CC(C)(C)c1cc2c3[nH]c4c(cc(C(C)(C)C)cc4c3c1)-c1nc(cc3c1oc1ccccc13)-c1cccc(c1)-c1cc3c(oc4ccccc43)c-2n1. The van der Waals surface area contributed by atoms with E-state index < -0.39 is 0 Å². The van der Waals surface area contributed by atoms with Gasteiger partial charge in [-0.3, -0.25) is 0 Å². The van der Waals surface area contributed by atoms with Crippen LogP contribution in [0.15, 0.2) is 118 Å².